The van der Waals surface area contributed by atoms with Crippen LogP contribution >= 0.6 is 0 Å². The Hall–Kier alpha value is -2.18. The number of anilines is 1. The summed E-state index contributed by atoms with van der Waals surface area (Å²) in [4.78, 5) is 12.8. The summed E-state index contributed by atoms with van der Waals surface area (Å²) in [6.45, 7) is 7.40. The minimum absolute atomic E-state index is 0.118. The standard InChI is InChI=1S/C22H28N2O3S/c1-16-9-11-24(12-10-16)28(26,27)21-6-4-5-19(14-21)22(25)15-23-20-8-7-17(2)18(3)13-20/h4-8,13-14,16,23H,9-12,15H2,1-3H3. The molecule has 0 amide bonds. The molecule has 0 aliphatic carbocycles. The molecule has 6 heteroatoms. The number of Topliss-reactive ketones (excluding diaryl/α,β-unsaturated/α-hetero) is 1. The zero-order valence-corrected chi connectivity index (χ0v) is 17.6. The molecule has 0 atom stereocenters. The van der Waals surface area contributed by atoms with Gasteiger partial charge in [0.1, 0.15) is 0 Å². The Morgan fingerprint density at radius 3 is 2.46 bits per heavy atom. The summed E-state index contributed by atoms with van der Waals surface area (Å²) in [5.74, 6) is 0.415. The molecule has 2 aromatic rings. The maximum absolute atomic E-state index is 12.9. The van der Waals surface area contributed by atoms with Crippen molar-refractivity contribution in [2.45, 2.75) is 38.5 Å². The molecule has 0 radical (unpaired) electrons. The van der Waals surface area contributed by atoms with E-state index >= 15 is 0 Å². The van der Waals surface area contributed by atoms with Crippen LogP contribution in [0.15, 0.2) is 47.4 Å². The Morgan fingerprint density at radius 2 is 1.79 bits per heavy atom. The van der Waals surface area contributed by atoms with Crippen LogP contribution in [-0.2, 0) is 10.0 Å². The molecule has 150 valence electrons. The fourth-order valence-electron chi connectivity index (χ4n) is 3.34. The van der Waals surface area contributed by atoms with Gasteiger partial charge in [-0.3, -0.25) is 4.79 Å². The van der Waals surface area contributed by atoms with Crippen molar-refractivity contribution in [3.05, 3.63) is 59.2 Å². The normalized spacial score (nSPS) is 16.1. The maximum Gasteiger partial charge on any atom is 0.243 e. The Kier molecular flexibility index (Phi) is 6.20. The van der Waals surface area contributed by atoms with Gasteiger partial charge in [0, 0.05) is 24.3 Å². The van der Waals surface area contributed by atoms with Crippen LogP contribution in [0.3, 0.4) is 0 Å². The van der Waals surface area contributed by atoms with E-state index in [0.29, 0.717) is 24.6 Å². The van der Waals surface area contributed by atoms with Crippen LogP contribution in [0.5, 0.6) is 0 Å². The summed E-state index contributed by atoms with van der Waals surface area (Å²) in [5, 5.41) is 3.13. The van der Waals surface area contributed by atoms with Crippen molar-refractivity contribution in [2.24, 2.45) is 5.92 Å². The molecule has 28 heavy (non-hydrogen) atoms. The molecule has 1 heterocycles. The minimum atomic E-state index is -3.56. The van der Waals surface area contributed by atoms with E-state index in [1.165, 1.54) is 15.9 Å². The minimum Gasteiger partial charge on any atom is -0.378 e. The zero-order chi connectivity index (χ0) is 20.3. The summed E-state index contributed by atoms with van der Waals surface area (Å²) < 4.78 is 27.4. The number of aryl methyl sites for hydroxylation is 2. The molecular weight excluding hydrogens is 372 g/mol. The number of carbonyl (C=O) groups is 1. The predicted molar refractivity (Wildman–Crippen MR) is 112 cm³/mol. The van der Waals surface area contributed by atoms with Crippen molar-refractivity contribution in [3.63, 3.8) is 0 Å². The van der Waals surface area contributed by atoms with E-state index in [2.05, 4.69) is 12.2 Å². The third-order valence-corrected chi connectivity index (χ3v) is 7.39. The molecule has 0 aromatic heterocycles. The number of nitrogens with one attached hydrogen (secondary N) is 1. The van der Waals surface area contributed by atoms with E-state index in [9.17, 15) is 13.2 Å². The summed E-state index contributed by atoms with van der Waals surface area (Å²) in [6, 6.07) is 12.3. The highest BCUT2D eigenvalue weighted by atomic mass is 32.2. The van der Waals surface area contributed by atoms with Crippen molar-refractivity contribution in [1.82, 2.24) is 4.31 Å². The topological polar surface area (TPSA) is 66.5 Å². The van der Waals surface area contributed by atoms with Crippen molar-refractivity contribution in [2.75, 3.05) is 25.0 Å². The number of hydrogen-bond acceptors (Lipinski definition) is 4. The molecule has 5 nitrogen and oxygen atoms in total. The molecule has 0 bridgehead atoms. The lowest BCUT2D eigenvalue weighted by molar-refractivity contribution is 0.101. The van der Waals surface area contributed by atoms with E-state index in [1.54, 1.807) is 18.2 Å². The zero-order valence-electron chi connectivity index (χ0n) is 16.7. The number of ketones is 1. The van der Waals surface area contributed by atoms with Gasteiger partial charge in [-0.1, -0.05) is 25.1 Å². The van der Waals surface area contributed by atoms with Crippen LogP contribution in [0.2, 0.25) is 0 Å². The Morgan fingerprint density at radius 1 is 1.07 bits per heavy atom. The molecule has 2 aromatic carbocycles. The summed E-state index contributed by atoms with van der Waals surface area (Å²) >= 11 is 0. The van der Waals surface area contributed by atoms with Gasteiger partial charge in [-0.25, -0.2) is 8.42 Å². The first-order valence-electron chi connectivity index (χ1n) is 9.72. The molecular formula is C22H28N2O3S. The van der Waals surface area contributed by atoms with Crippen LogP contribution in [-0.4, -0.2) is 38.1 Å². The van der Waals surface area contributed by atoms with Crippen LogP contribution in [0.4, 0.5) is 5.69 Å². The SMILES string of the molecule is Cc1ccc(NCC(=O)c2cccc(S(=O)(=O)N3CCC(C)CC3)c2)cc1C. The Balaban J connectivity index is 1.71. The van der Waals surface area contributed by atoms with Crippen LogP contribution < -0.4 is 5.32 Å². The molecule has 3 rings (SSSR count). The summed E-state index contributed by atoms with van der Waals surface area (Å²) in [5.41, 5.74) is 3.63. The third kappa shape index (κ3) is 4.62. The molecule has 1 aliphatic heterocycles. The Labute approximate surface area is 167 Å². The van der Waals surface area contributed by atoms with Gasteiger partial charge in [0.05, 0.1) is 11.4 Å². The monoisotopic (exact) mass is 400 g/mol. The van der Waals surface area contributed by atoms with E-state index in [1.807, 2.05) is 32.0 Å². The second kappa shape index (κ2) is 8.45. The second-order valence-corrected chi connectivity index (χ2v) is 9.63. The lowest BCUT2D eigenvalue weighted by Gasteiger charge is -2.29. The Bertz CT molecular complexity index is 961. The van der Waals surface area contributed by atoms with E-state index in [0.717, 1.165) is 24.1 Å². The van der Waals surface area contributed by atoms with Crippen LogP contribution in [0.1, 0.15) is 41.3 Å². The fourth-order valence-corrected chi connectivity index (χ4v) is 4.86. The van der Waals surface area contributed by atoms with E-state index in [4.69, 9.17) is 0 Å². The van der Waals surface area contributed by atoms with Crippen LogP contribution in [0, 0.1) is 19.8 Å². The van der Waals surface area contributed by atoms with Gasteiger partial charge < -0.3 is 5.32 Å². The van der Waals surface area contributed by atoms with Crippen molar-refractivity contribution in [1.29, 1.82) is 0 Å². The number of hydrogen-bond donors (Lipinski definition) is 1. The van der Waals surface area contributed by atoms with Gasteiger partial charge >= 0.3 is 0 Å². The first-order chi connectivity index (χ1) is 13.3. The summed E-state index contributed by atoms with van der Waals surface area (Å²) in [6.07, 6.45) is 1.75. The summed E-state index contributed by atoms with van der Waals surface area (Å²) in [7, 11) is -3.56. The molecule has 1 saturated heterocycles. The van der Waals surface area contributed by atoms with Crippen LogP contribution in [0.25, 0.3) is 0 Å². The van der Waals surface area contributed by atoms with Crippen molar-refractivity contribution >= 4 is 21.5 Å². The molecule has 0 saturated carbocycles. The lowest BCUT2D eigenvalue weighted by Crippen LogP contribution is -2.37. The maximum atomic E-state index is 12.9. The van der Waals surface area contributed by atoms with Gasteiger partial charge in [-0.05, 0) is 68.0 Å². The quantitative estimate of drug-likeness (QED) is 0.744. The number of piperidine rings is 1. The van der Waals surface area contributed by atoms with Gasteiger partial charge in [0.25, 0.3) is 0 Å². The molecule has 1 N–H and O–H groups in total. The second-order valence-electron chi connectivity index (χ2n) is 7.69. The molecule has 0 unspecified atom stereocenters. The van der Waals surface area contributed by atoms with Gasteiger partial charge in [-0.2, -0.15) is 4.31 Å². The average molecular weight is 401 g/mol. The number of nitrogens with zero attached hydrogens (tertiary/aromatic N) is 1. The largest absolute Gasteiger partial charge is 0.378 e. The number of benzene rings is 2. The smallest absolute Gasteiger partial charge is 0.243 e. The highest BCUT2D eigenvalue weighted by molar-refractivity contribution is 7.89. The van der Waals surface area contributed by atoms with E-state index < -0.39 is 10.0 Å². The number of carbonyl (C=O) groups excluding carboxylic acids is 1. The van der Waals surface area contributed by atoms with E-state index in [-0.39, 0.29) is 17.2 Å². The average Bonchev–Trinajstić information content (AvgIpc) is 2.69. The van der Waals surface area contributed by atoms with Gasteiger partial charge in [-0.15, -0.1) is 0 Å². The number of rotatable bonds is 6. The first kappa shape index (κ1) is 20.6. The lowest BCUT2D eigenvalue weighted by atomic mass is 10.0. The highest BCUT2D eigenvalue weighted by Gasteiger charge is 2.28. The highest BCUT2D eigenvalue weighted by Crippen LogP contribution is 2.24. The molecule has 1 aliphatic rings. The predicted octanol–water partition coefficient (Wildman–Crippen LogP) is 4.02. The first-order valence-corrected chi connectivity index (χ1v) is 11.2. The fraction of sp³-hybridized carbons (Fsp3) is 0.409. The third-order valence-electron chi connectivity index (χ3n) is 5.50. The molecule has 0 spiro atoms. The van der Waals surface area contributed by atoms with Crippen molar-refractivity contribution < 1.29 is 13.2 Å². The van der Waals surface area contributed by atoms with Crippen molar-refractivity contribution in [3.8, 4) is 0 Å². The van der Waals surface area contributed by atoms with Gasteiger partial charge in [0.2, 0.25) is 10.0 Å². The molecule has 1 fully saturated rings. The van der Waals surface area contributed by atoms with Gasteiger partial charge in [0.15, 0.2) is 5.78 Å². The number of sulfonamides is 1.